The van der Waals surface area contributed by atoms with Gasteiger partial charge in [0.15, 0.2) is 0 Å². The van der Waals surface area contributed by atoms with Crippen molar-refractivity contribution in [3.8, 4) is 0 Å². The first-order valence-corrected chi connectivity index (χ1v) is 6.34. The quantitative estimate of drug-likeness (QED) is 0.754. The van der Waals surface area contributed by atoms with E-state index in [0.29, 0.717) is 6.10 Å². The first kappa shape index (κ1) is 11.1. The van der Waals surface area contributed by atoms with E-state index in [1.54, 1.807) is 0 Å². The summed E-state index contributed by atoms with van der Waals surface area (Å²) in [6, 6.07) is 6.24. The van der Waals surface area contributed by atoms with Crippen molar-refractivity contribution in [3.05, 3.63) is 29.3 Å². The molecule has 1 fully saturated rings. The molecule has 2 aliphatic heterocycles. The molecule has 2 N–H and O–H groups in total. The number of hydrogen-bond acceptors (Lipinski definition) is 3. The minimum atomic E-state index is 0.158. The number of fused-ring (bicyclic) bond motifs is 1. The maximum atomic E-state index is 6.05. The van der Waals surface area contributed by atoms with Gasteiger partial charge in [-0.25, -0.2) is 0 Å². The van der Waals surface area contributed by atoms with Crippen LogP contribution in [0.1, 0.15) is 31.4 Å². The zero-order valence-corrected chi connectivity index (χ0v) is 10.6. The Hall–Kier alpha value is -1.06. The number of anilines is 1. The fraction of sp³-hybridized carbons (Fsp3) is 0.571. The number of ether oxygens (including phenoxy) is 1. The van der Waals surface area contributed by atoms with E-state index in [2.05, 4.69) is 30.9 Å². The number of nitrogens with zero attached hydrogens (tertiary/aromatic N) is 1. The molecular formula is C14H20N2O. The van der Waals surface area contributed by atoms with Gasteiger partial charge >= 0.3 is 0 Å². The lowest BCUT2D eigenvalue weighted by Gasteiger charge is -2.37. The number of rotatable bonds is 1. The molecule has 92 valence electrons. The smallest absolute Gasteiger partial charge is 0.0729 e. The van der Waals surface area contributed by atoms with Crippen LogP contribution >= 0.6 is 0 Å². The molecule has 0 radical (unpaired) electrons. The van der Waals surface area contributed by atoms with Crippen LogP contribution in [-0.2, 0) is 17.8 Å². The maximum absolute atomic E-state index is 6.05. The van der Waals surface area contributed by atoms with Crippen LogP contribution in [0.2, 0.25) is 0 Å². The van der Waals surface area contributed by atoms with Gasteiger partial charge in [0.05, 0.1) is 6.10 Å². The molecule has 0 aliphatic carbocycles. The molecule has 0 saturated carbocycles. The van der Waals surface area contributed by atoms with Gasteiger partial charge in [-0.2, -0.15) is 0 Å². The van der Waals surface area contributed by atoms with Gasteiger partial charge in [0.1, 0.15) is 0 Å². The highest BCUT2D eigenvalue weighted by Gasteiger charge is 2.44. The summed E-state index contributed by atoms with van der Waals surface area (Å²) in [4.78, 5) is 2.52. The van der Waals surface area contributed by atoms with E-state index >= 15 is 0 Å². The predicted molar refractivity (Wildman–Crippen MR) is 68.5 cm³/mol. The third-order valence-electron chi connectivity index (χ3n) is 4.59. The van der Waals surface area contributed by atoms with Crippen molar-refractivity contribution >= 4 is 5.69 Å². The average molecular weight is 232 g/mol. The normalized spacial score (nSPS) is 32.9. The third kappa shape index (κ3) is 1.57. The first-order valence-electron chi connectivity index (χ1n) is 6.34. The monoisotopic (exact) mass is 232 g/mol. The Kier molecular flexibility index (Phi) is 2.42. The Morgan fingerprint density at radius 3 is 2.88 bits per heavy atom. The van der Waals surface area contributed by atoms with Crippen LogP contribution in [0.25, 0.3) is 0 Å². The number of hydrogen-bond donors (Lipinski definition) is 1. The number of benzene rings is 1. The Labute approximate surface area is 103 Å². The highest BCUT2D eigenvalue weighted by molar-refractivity contribution is 5.52. The molecule has 0 aromatic heterocycles. The molecule has 2 atom stereocenters. The summed E-state index contributed by atoms with van der Waals surface area (Å²) in [6.45, 7) is 7.34. The van der Waals surface area contributed by atoms with E-state index in [1.165, 1.54) is 11.1 Å². The lowest BCUT2D eigenvalue weighted by Crippen LogP contribution is -2.48. The second-order valence-corrected chi connectivity index (χ2v) is 5.46. The Bertz CT molecular complexity index is 446. The van der Waals surface area contributed by atoms with Crippen molar-refractivity contribution in [3.63, 3.8) is 0 Å². The summed E-state index contributed by atoms with van der Waals surface area (Å²) < 4.78 is 5.74. The molecule has 3 heteroatoms. The van der Waals surface area contributed by atoms with Gasteiger partial charge < -0.3 is 10.5 Å². The molecule has 0 bridgehead atoms. The molecule has 1 aromatic rings. The van der Waals surface area contributed by atoms with E-state index in [1.807, 2.05) is 6.07 Å². The maximum Gasteiger partial charge on any atom is 0.0729 e. The minimum Gasteiger partial charge on any atom is -0.398 e. The largest absolute Gasteiger partial charge is 0.398 e. The van der Waals surface area contributed by atoms with E-state index in [-0.39, 0.29) is 5.54 Å². The number of nitrogen functional groups attached to an aromatic ring is 1. The summed E-state index contributed by atoms with van der Waals surface area (Å²) in [7, 11) is 0. The molecule has 1 aromatic carbocycles. The van der Waals surface area contributed by atoms with Crippen molar-refractivity contribution < 1.29 is 4.74 Å². The van der Waals surface area contributed by atoms with Gasteiger partial charge in [0, 0.05) is 30.9 Å². The van der Waals surface area contributed by atoms with Gasteiger partial charge in [0.25, 0.3) is 0 Å². The van der Waals surface area contributed by atoms with Crippen LogP contribution in [-0.4, -0.2) is 23.1 Å². The van der Waals surface area contributed by atoms with E-state index in [0.717, 1.165) is 31.8 Å². The zero-order chi connectivity index (χ0) is 12.0. The standard InChI is InChI=1S/C14H20N2O/c1-10-14(2,6-7-17-10)16-8-11-4-3-5-13(15)12(11)9-16/h3-5,10H,6-9,15H2,1-2H3. The Morgan fingerprint density at radius 1 is 1.41 bits per heavy atom. The van der Waals surface area contributed by atoms with Crippen molar-refractivity contribution in [2.45, 2.75) is 45.0 Å². The third-order valence-corrected chi connectivity index (χ3v) is 4.59. The van der Waals surface area contributed by atoms with Crippen molar-refractivity contribution in [2.24, 2.45) is 0 Å². The summed E-state index contributed by atoms with van der Waals surface area (Å²) in [5, 5.41) is 0. The summed E-state index contributed by atoms with van der Waals surface area (Å²) in [5.41, 5.74) is 9.83. The van der Waals surface area contributed by atoms with E-state index in [4.69, 9.17) is 10.5 Å². The predicted octanol–water partition coefficient (Wildman–Crippen LogP) is 2.15. The molecule has 2 unspecified atom stereocenters. The Balaban J connectivity index is 1.89. The van der Waals surface area contributed by atoms with Gasteiger partial charge in [-0.3, -0.25) is 4.90 Å². The van der Waals surface area contributed by atoms with Crippen LogP contribution in [0, 0.1) is 0 Å². The number of nitrogens with two attached hydrogens (primary N) is 1. The fourth-order valence-electron chi connectivity index (χ4n) is 3.05. The van der Waals surface area contributed by atoms with Crippen LogP contribution < -0.4 is 5.73 Å². The summed E-state index contributed by atoms with van der Waals surface area (Å²) in [5.74, 6) is 0. The molecule has 0 amide bonds. The van der Waals surface area contributed by atoms with Crippen LogP contribution in [0.15, 0.2) is 18.2 Å². The van der Waals surface area contributed by atoms with Crippen LogP contribution in [0.5, 0.6) is 0 Å². The molecule has 3 rings (SSSR count). The molecule has 2 aliphatic rings. The second-order valence-electron chi connectivity index (χ2n) is 5.46. The van der Waals surface area contributed by atoms with Gasteiger partial charge in [-0.05, 0) is 37.5 Å². The van der Waals surface area contributed by atoms with Gasteiger partial charge in [-0.1, -0.05) is 12.1 Å². The van der Waals surface area contributed by atoms with Crippen molar-refractivity contribution in [2.75, 3.05) is 12.3 Å². The highest BCUT2D eigenvalue weighted by Crippen LogP contribution is 2.39. The van der Waals surface area contributed by atoms with Gasteiger partial charge in [-0.15, -0.1) is 0 Å². The average Bonchev–Trinajstić information content (AvgIpc) is 2.86. The lowest BCUT2D eigenvalue weighted by atomic mass is 9.92. The molecule has 2 heterocycles. The van der Waals surface area contributed by atoms with E-state index in [9.17, 15) is 0 Å². The van der Waals surface area contributed by atoms with Crippen LogP contribution in [0.3, 0.4) is 0 Å². The lowest BCUT2D eigenvalue weighted by molar-refractivity contribution is 0.0178. The molecule has 17 heavy (non-hydrogen) atoms. The first-order chi connectivity index (χ1) is 8.11. The van der Waals surface area contributed by atoms with Gasteiger partial charge in [0.2, 0.25) is 0 Å². The summed E-state index contributed by atoms with van der Waals surface area (Å²) >= 11 is 0. The molecule has 3 nitrogen and oxygen atoms in total. The SMILES string of the molecule is CC1OCCC1(C)N1Cc2cccc(N)c2C1. The fourth-order valence-corrected chi connectivity index (χ4v) is 3.05. The topological polar surface area (TPSA) is 38.5 Å². The second kappa shape index (κ2) is 3.72. The molecular weight excluding hydrogens is 212 g/mol. The zero-order valence-electron chi connectivity index (χ0n) is 10.6. The van der Waals surface area contributed by atoms with E-state index < -0.39 is 0 Å². The van der Waals surface area contributed by atoms with Crippen LogP contribution in [0.4, 0.5) is 5.69 Å². The molecule has 1 saturated heterocycles. The Morgan fingerprint density at radius 2 is 2.24 bits per heavy atom. The summed E-state index contributed by atoms with van der Waals surface area (Å²) in [6.07, 6.45) is 1.42. The van der Waals surface area contributed by atoms with Crippen molar-refractivity contribution in [1.82, 2.24) is 4.90 Å². The highest BCUT2D eigenvalue weighted by atomic mass is 16.5. The van der Waals surface area contributed by atoms with Crippen molar-refractivity contribution in [1.29, 1.82) is 0 Å². The molecule has 0 spiro atoms. The minimum absolute atomic E-state index is 0.158.